The second-order valence-electron chi connectivity index (χ2n) is 6.29. The zero-order chi connectivity index (χ0) is 22.2. The first-order chi connectivity index (χ1) is 14.0. The van der Waals surface area contributed by atoms with Crippen molar-refractivity contribution in [2.24, 2.45) is 7.05 Å². The van der Waals surface area contributed by atoms with Crippen LogP contribution in [0.5, 0.6) is 0 Å². The smallest absolute Gasteiger partial charge is 0.435 e. The normalized spacial score (nSPS) is 11.3. The van der Waals surface area contributed by atoms with Crippen molar-refractivity contribution >= 4 is 17.6 Å². The maximum absolute atomic E-state index is 12.8. The van der Waals surface area contributed by atoms with Crippen LogP contribution in [0.1, 0.15) is 27.3 Å². The van der Waals surface area contributed by atoms with E-state index in [9.17, 15) is 27.9 Å². The van der Waals surface area contributed by atoms with Crippen LogP contribution in [0.2, 0.25) is 5.02 Å². The van der Waals surface area contributed by atoms with Gasteiger partial charge >= 0.3 is 12.1 Å². The molecule has 2 heterocycles. The van der Waals surface area contributed by atoms with Crippen LogP contribution in [0, 0.1) is 11.3 Å². The Morgan fingerprint density at radius 2 is 2.00 bits per heavy atom. The molecule has 2 aromatic heterocycles. The third kappa shape index (κ3) is 3.92. The summed E-state index contributed by atoms with van der Waals surface area (Å²) in [7, 11) is 1.47. The second-order valence-corrected chi connectivity index (χ2v) is 6.70. The molecular formula is C19H12ClF3N4O3. The molecule has 1 aromatic carbocycles. The van der Waals surface area contributed by atoms with E-state index in [4.69, 9.17) is 16.9 Å². The topological polar surface area (TPSA) is 101 Å². The highest BCUT2D eigenvalue weighted by Gasteiger charge is 2.33. The number of alkyl halides is 3. The van der Waals surface area contributed by atoms with Gasteiger partial charge in [-0.2, -0.15) is 23.5 Å². The summed E-state index contributed by atoms with van der Waals surface area (Å²) in [6, 6.07) is 7.87. The minimum atomic E-state index is -4.62. The van der Waals surface area contributed by atoms with E-state index in [1.807, 2.05) is 6.07 Å². The quantitative estimate of drug-likeness (QED) is 0.674. The predicted octanol–water partition coefficient (Wildman–Crippen LogP) is 3.54. The van der Waals surface area contributed by atoms with Gasteiger partial charge < -0.3 is 9.67 Å². The number of carboxylic acids is 1. The van der Waals surface area contributed by atoms with Crippen molar-refractivity contribution < 1.29 is 23.1 Å². The highest BCUT2D eigenvalue weighted by atomic mass is 35.5. The molecule has 3 rings (SSSR count). The Balaban J connectivity index is 2.17. The fraction of sp³-hybridized carbons (Fsp3) is 0.158. The molecule has 30 heavy (non-hydrogen) atoms. The maximum Gasteiger partial charge on any atom is 0.435 e. The lowest BCUT2D eigenvalue weighted by molar-refractivity contribution is -0.141. The van der Waals surface area contributed by atoms with Crippen molar-refractivity contribution in [3.8, 4) is 17.3 Å². The molecule has 0 spiro atoms. The van der Waals surface area contributed by atoms with E-state index >= 15 is 0 Å². The Morgan fingerprint density at radius 1 is 1.30 bits per heavy atom. The molecule has 0 fully saturated rings. The fourth-order valence-corrected chi connectivity index (χ4v) is 3.19. The minimum absolute atomic E-state index is 0.000379. The molecule has 0 atom stereocenters. The van der Waals surface area contributed by atoms with Gasteiger partial charge in [-0.05, 0) is 18.2 Å². The summed E-state index contributed by atoms with van der Waals surface area (Å²) in [4.78, 5) is 24.2. The summed E-state index contributed by atoms with van der Waals surface area (Å²) in [5, 5.41) is 22.1. The molecule has 11 heteroatoms. The summed E-state index contributed by atoms with van der Waals surface area (Å²) in [5.41, 5.74) is -1.80. The Hall–Kier alpha value is -3.58. The van der Waals surface area contributed by atoms with Crippen LogP contribution in [0.3, 0.4) is 0 Å². The second kappa shape index (κ2) is 7.68. The Bertz CT molecular complexity index is 1260. The van der Waals surface area contributed by atoms with E-state index < -0.39 is 28.8 Å². The van der Waals surface area contributed by atoms with Crippen molar-refractivity contribution in [3.63, 3.8) is 0 Å². The number of hydrogen-bond acceptors (Lipinski definition) is 4. The number of rotatable bonds is 4. The first-order valence-electron chi connectivity index (χ1n) is 8.29. The van der Waals surface area contributed by atoms with E-state index in [1.165, 1.54) is 29.8 Å². The van der Waals surface area contributed by atoms with E-state index in [1.54, 1.807) is 0 Å². The Morgan fingerprint density at radius 3 is 2.53 bits per heavy atom. The van der Waals surface area contributed by atoms with Crippen LogP contribution < -0.4 is 5.43 Å². The van der Waals surface area contributed by atoms with Gasteiger partial charge in [0.05, 0.1) is 22.8 Å². The minimum Gasteiger partial charge on any atom is -0.477 e. The van der Waals surface area contributed by atoms with E-state index in [-0.39, 0.29) is 34.1 Å². The molecule has 0 saturated carbocycles. The summed E-state index contributed by atoms with van der Waals surface area (Å²) in [5.74, 6) is -1.48. The third-order valence-corrected chi connectivity index (χ3v) is 4.69. The van der Waals surface area contributed by atoms with Crippen LogP contribution in [0.15, 0.2) is 41.3 Å². The highest BCUT2D eigenvalue weighted by Crippen LogP contribution is 2.29. The number of benzene rings is 1. The van der Waals surface area contributed by atoms with Gasteiger partial charge in [-0.1, -0.05) is 17.7 Å². The predicted molar refractivity (Wildman–Crippen MR) is 100 cm³/mol. The molecule has 0 radical (unpaired) electrons. The Labute approximate surface area is 172 Å². The van der Waals surface area contributed by atoms with Gasteiger partial charge in [0.1, 0.15) is 11.6 Å². The van der Waals surface area contributed by atoms with Crippen LogP contribution in [-0.4, -0.2) is 25.4 Å². The van der Waals surface area contributed by atoms with Gasteiger partial charge in [-0.3, -0.25) is 9.48 Å². The zero-order valence-corrected chi connectivity index (χ0v) is 16.0. The molecule has 0 amide bonds. The molecule has 0 aliphatic carbocycles. The zero-order valence-electron chi connectivity index (χ0n) is 15.2. The van der Waals surface area contributed by atoms with Gasteiger partial charge in [0.15, 0.2) is 11.1 Å². The fourth-order valence-electron chi connectivity index (χ4n) is 2.96. The number of halogens is 4. The van der Waals surface area contributed by atoms with Gasteiger partial charge in [0, 0.05) is 30.6 Å². The highest BCUT2D eigenvalue weighted by molar-refractivity contribution is 6.32. The van der Waals surface area contributed by atoms with Gasteiger partial charge in [0.2, 0.25) is 0 Å². The van der Waals surface area contributed by atoms with Gasteiger partial charge in [-0.15, -0.1) is 0 Å². The van der Waals surface area contributed by atoms with Crippen molar-refractivity contribution in [1.82, 2.24) is 14.3 Å². The van der Waals surface area contributed by atoms with Crippen molar-refractivity contribution in [2.45, 2.75) is 12.7 Å². The molecule has 0 unspecified atom stereocenters. The van der Waals surface area contributed by atoms with E-state index in [0.717, 1.165) is 23.0 Å². The monoisotopic (exact) mass is 436 g/mol. The first kappa shape index (κ1) is 21.1. The van der Waals surface area contributed by atoms with E-state index in [0.29, 0.717) is 0 Å². The molecule has 0 aliphatic heterocycles. The van der Waals surface area contributed by atoms with Crippen LogP contribution in [0.4, 0.5) is 13.2 Å². The Kier molecular flexibility index (Phi) is 5.41. The number of pyridine rings is 1. The molecule has 0 aliphatic rings. The van der Waals surface area contributed by atoms with Crippen LogP contribution >= 0.6 is 11.6 Å². The SMILES string of the molecule is Cn1c(Cn2ccc(C(F)(F)F)n2)cc(=O)c(C(=O)O)c1-c1ccc(C#N)c(Cl)c1. The van der Waals surface area contributed by atoms with Gasteiger partial charge in [0.25, 0.3) is 0 Å². The number of nitriles is 1. The molecule has 1 N–H and O–H groups in total. The number of hydrogen-bond donors (Lipinski definition) is 1. The number of aromatic nitrogens is 3. The van der Waals surface area contributed by atoms with E-state index in [2.05, 4.69) is 5.10 Å². The molecule has 154 valence electrons. The third-order valence-electron chi connectivity index (χ3n) is 4.38. The van der Waals surface area contributed by atoms with Crippen LogP contribution in [-0.2, 0) is 19.8 Å². The molecule has 0 saturated heterocycles. The van der Waals surface area contributed by atoms with Crippen LogP contribution in [0.25, 0.3) is 11.3 Å². The number of aromatic carboxylic acids is 1. The summed E-state index contributed by atoms with van der Waals surface area (Å²) in [6.45, 7) is -0.210. The largest absolute Gasteiger partial charge is 0.477 e. The molecule has 7 nitrogen and oxygen atoms in total. The average molecular weight is 437 g/mol. The van der Waals surface area contributed by atoms with Crippen molar-refractivity contribution in [2.75, 3.05) is 0 Å². The lowest BCUT2D eigenvalue weighted by atomic mass is 10.0. The average Bonchev–Trinajstić information content (AvgIpc) is 3.12. The lowest BCUT2D eigenvalue weighted by Gasteiger charge is -2.17. The summed E-state index contributed by atoms with van der Waals surface area (Å²) >= 11 is 6.04. The molecular weight excluding hydrogens is 425 g/mol. The summed E-state index contributed by atoms with van der Waals surface area (Å²) < 4.78 is 40.7. The maximum atomic E-state index is 12.8. The number of carbonyl (C=O) groups is 1. The van der Waals surface area contributed by atoms with Gasteiger partial charge in [-0.25, -0.2) is 4.79 Å². The molecule has 3 aromatic rings. The first-order valence-corrected chi connectivity index (χ1v) is 8.67. The lowest BCUT2D eigenvalue weighted by Crippen LogP contribution is -2.23. The number of nitrogens with zero attached hydrogens (tertiary/aromatic N) is 4. The van der Waals surface area contributed by atoms with Crippen molar-refractivity contribution in [3.05, 3.63) is 74.3 Å². The molecule has 0 bridgehead atoms. The standard InChI is InChI=1S/C19H12ClF3N4O3/c1-26-12(9-27-5-4-15(25-27)19(21,22)23)7-14(28)16(18(29)30)17(26)10-2-3-11(8-24)13(20)6-10/h2-7H,9H2,1H3,(H,29,30). The summed E-state index contributed by atoms with van der Waals surface area (Å²) in [6.07, 6.45) is -3.51. The number of carboxylic acid groups (broad SMARTS) is 1. The van der Waals surface area contributed by atoms with Crippen molar-refractivity contribution in [1.29, 1.82) is 5.26 Å².